The molecular weight excluding hydrogens is 194 g/mol. The summed E-state index contributed by atoms with van der Waals surface area (Å²) in [6, 6.07) is 4.83. The highest BCUT2D eigenvalue weighted by Gasteiger charge is 2.09. The maximum absolute atomic E-state index is 10.6. The number of hydrogen-bond acceptors (Lipinski definition) is 3. The molecule has 1 aromatic rings. The number of nitro benzene ring substituents is 1. The van der Waals surface area contributed by atoms with Crippen LogP contribution in [0.15, 0.2) is 18.2 Å². The van der Waals surface area contributed by atoms with E-state index in [4.69, 9.17) is 5.11 Å². The molecule has 0 bridgehead atoms. The van der Waals surface area contributed by atoms with Crippen LogP contribution in [0.1, 0.15) is 24.5 Å². The molecule has 82 valence electrons. The van der Waals surface area contributed by atoms with Crippen molar-refractivity contribution in [2.75, 3.05) is 0 Å². The number of hydrogen-bond donors (Lipinski definition) is 1. The maximum Gasteiger partial charge on any atom is 0.269 e. The Morgan fingerprint density at radius 3 is 2.73 bits per heavy atom. The second-order valence-corrected chi connectivity index (χ2v) is 3.76. The predicted octanol–water partition coefficient (Wildman–Crippen LogP) is 2.22. The lowest BCUT2D eigenvalue weighted by atomic mass is 10.0. The molecule has 4 nitrogen and oxygen atoms in total. The number of aliphatic hydroxyl groups excluding tert-OH is 1. The van der Waals surface area contributed by atoms with Crippen molar-refractivity contribution in [2.24, 2.45) is 0 Å². The van der Waals surface area contributed by atoms with Gasteiger partial charge in [0.1, 0.15) is 0 Å². The Morgan fingerprint density at radius 2 is 2.20 bits per heavy atom. The summed E-state index contributed by atoms with van der Waals surface area (Å²) >= 11 is 0. The Hall–Kier alpha value is -1.42. The van der Waals surface area contributed by atoms with E-state index >= 15 is 0 Å². The molecule has 0 amide bonds. The van der Waals surface area contributed by atoms with Gasteiger partial charge < -0.3 is 5.11 Å². The lowest BCUT2D eigenvalue weighted by Gasteiger charge is -2.07. The summed E-state index contributed by atoms with van der Waals surface area (Å²) in [5, 5.41) is 19.7. The third kappa shape index (κ3) is 3.32. The monoisotopic (exact) mass is 209 g/mol. The van der Waals surface area contributed by atoms with E-state index in [1.165, 1.54) is 6.07 Å². The van der Waals surface area contributed by atoms with Crippen molar-refractivity contribution in [3.63, 3.8) is 0 Å². The van der Waals surface area contributed by atoms with E-state index in [1.54, 1.807) is 19.1 Å². The summed E-state index contributed by atoms with van der Waals surface area (Å²) in [4.78, 5) is 10.2. The summed E-state index contributed by atoms with van der Waals surface area (Å²) < 4.78 is 0. The molecule has 1 aromatic carbocycles. The summed E-state index contributed by atoms with van der Waals surface area (Å²) in [6.45, 7) is 3.63. The molecule has 0 aliphatic heterocycles. The summed E-state index contributed by atoms with van der Waals surface area (Å²) in [6.07, 6.45) is 0.927. The van der Waals surface area contributed by atoms with E-state index in [0.717, 1.165) is 11.1 Å². The van der Waals surface area contributed by atoms with E-state index in [1.807, 2.05) is 6.92 Å². The number of aryl methyl sites for hydroxylation is 2. The zero-order chi connectivity index (χ0) is 11.4. The third-order valence-corrected chi connectivity index (χ3v) is 2.37. The maximum atomic E-state index is 10.6. The molecule has 0 radical (unpaired) electrons. The van der Waals surface area contributed by atoms with Crippen LogP contribution in [0, 0.1) is 17.0 Å². The molecule has 1 atom stereocenters. The number of nitro groups is 1. The summed E-state index contributed by atoms with van der Waals surface area (Å²) in [7, 11) is 0. The van der Waals surface area contributed by atoms with Crippen molar-refractivity contribution < 1.29 is 10.0 Å². The van der Waals surface area contributed by atoms with Gasteiger partial charge in [-0.2, -0.15) is 0 Å². The van der Waals surface area contributed by atoms with Gasteiger partial charge in [0, 0.05) is 12.1 Å². The molecule has 15 heavy (non-hydrogen) atoms. The number of nitrogens with zero attached hydrogens (tertiary/aromatic N) is 1. The number of non-ortho nitro benzene ring substituents is 1. The smallest absolute Gasteiger partial charge is 0.269 e. The van der Waals surface area contributed by atoms with Crippen molar-refractivity contribution in [2.45, 2.75) is 32.8 Å². The lowest BCUT2D eigenvalue weighted by molar-refractivity contribution is -0.384. The first kappa shape index (κ1) is 11.7. The molecule has 0 saturated heterocycles. The molecule has 0 saturated carbocycles. The second-order valence-electron chi connectivity index (χ2n) is 3.76. The molecule has 0 fully saturated rings. The van der Waals surface area contributed by atoms with Crippen molar-refractivity contribution in [1.82, 2.24) is 0 Å². The van der Waals surface area contributed by atoms with E-state index in [0.29, 0.717) is 12.8 Å². The fraction of sp³-hybridized carbons (Fsp3) is 0.455. The first-order valence-corrected chi connectivity index (χ1v) is 4.92. The van der Waals surface area contributed by atoms with Gasteiger partial charge in [0.15, 0.2) is 0 Å². The predicted molar refractivity (Wildman–Crippen MR) is 57.8 cm³/mol. The highest BCUT2D eigenvalue weighted by atomic mass is 16.6. The van der Waals surface area contributed by atoms with Crippen LogP contribution in [0.4, 0.5) is 5.69 Å². The minimum Gasteiger partial charge on any atom is -0.393 e. The molecule has 0 spiro atoms. The fourth-order valence-corrected chi connectivity index (χ4v) is 1.41. The molecule has 4 heteroatoms. The van der Waals surface area contributed by atoms with Crippen molar-refractivity contribution >= 4 is 5.69 Å². The van der Waals surface area contributed by atoms with Crippen molar-refractivity contribution in [1.29, 1.82) is 0 Å². The molecule has 1 N–H and O–H groups in total. The number of aliphatic hydroxyl groups is 1. The average molecular weight is 209 g/mol. The molecule has 0 unspecified atom stereocenters. The first-order valence-electron chi connectivity index (χ1n) is 4.92. The second kappa shape index (κ2) is 4.89. The molecule has 0 aromatic heterocycles. The van der Waals surface area contributed by atoms with Crippen LogP contribution in [-0.4, -0.2) is 16.1 Å². The molecule has 0 heterocycles. The van der Waals surface area contributed by atoms with Gasteiger partial charge in [0.25, 0.3) is 5.69 Å². The third-order valence-electron chi connectivity index (χ3n) is 2.37. The van der Waals surface area contributed by atoms with Gasteiger partial charge in [0.05, 0.1) is 11.0 Å². The summed E-state index contributed by atoms with van der Waals surface area (Å²) in [5.74, 6) is 0. The molecule has 0 aliphatic rings. The van der Waals surface area contributed by atoms with E-state index < -0.39 is 4.92 Å². The van der Waals surface area contributed by atoms with Crippen LogP contribution < -0.4 is 0 Å². The van der Waals surface area contributed by atoms with Crippen LogP contribution >= 0.6 is 0 Å². The van der Waals surface area contributed by atoms with Gasteiger partial charge in [0.2, 0.25) is 0 Å². The number of rotatable bonds is 4. The first-order chi connectivity index (χ1) is 7.00. The van der Waals surface area contributed by atoms with Gasteiger partial charge in [-0.1, -0.05) is 6.07 Å². The minimum atomic E-state index is -0.398. The summed E-state index contributed by atoms with van der Waals surface area (Å²) in [5.41, 5.74) is 2.08. The van der Waals surface area contributed by atoms with Gasteiger partial charge in [-0.25, -0.2) is 0 Å². The Bertz CT molecular complexity index is 361. The van der Waals surface area contributed by atoms with E-state index in [-0.39, 0.29) is 11.8 Å². The number of benzene rings is 1. The SMILES string of the molecule is Cc1ccc([N+](=O)[O-])cc1CC[C@@H](C)O. The molecular formula is C11H15NO3. The zero-order valence-electron chi connectivity index (χ0n) is 8.93. The Kier molecular flexibility index (Phi) is 3.80. The highest BCUT2D eigenvalue weighted by molar-refractivity contribution is 5.39. The van der Waals surface area contributed by atoms with Crippen molar-refractivity contribution in [3.8, 4) is 0 Å². The van der Waals surface area contributed by atoms with E-state index in [2.05, 4.69) is 0 Å². The molecule has 1 rings (SSSR count). The standard InChI is InChI=1S/C11H15NO3/c1-8-3-6-11(12(14)15)7-10(8)5-4-9(2)13/h3,6-7,9,13H,4-5H2,1-2H3/t9-/m1/s1. The lowest BCUT2D eigenvalue weighted by Crippen LogP contribution is -2.03. The Balaban J connectivity index is 2.85. The largest absolute Gasteiger partial charge is 0.393 e. The van der Waals surface area contributed by atoms with Crippen LogP contribution in [0.5, 0.6) is 0 Å². The van der Waals surface area contributed by atoms with Crippen LogP contribution in [0.3, 0.4) is 0 Å². The highest BCUT2D eigenvalue weighted by Crippen LogP contribution is 2.18. The Labute approximate surface area is 88.7 Å². The van der Waals surface area contributed by atoms with Crippen molar-refractivity contribution in [3.05, 3.63) is 39.4 Å². The normalized spacial score (nSPS) is 12.5. The van der Waals surface area contributed by atoms with Gasteiger partial charge in [-0.15, -0.1) is 0 Å². The fourth-order valence-electron chi connectivity index (χ4n) is 1.41. The van der Waals surface area contributed by atoms with Crippen LogP contribution in [0.25, 0.3) is 0 Å². The van der Waals surface area contributed by atoms with Crippen LogP contribution in [0.2, 0.25) is 0 Å². The van der Waals surface area contributed by atoms with Gasteiger partial charge in [-0.3, -0.25) is 10.1 Å². The zero-order valence-corrected chi connectivity index (χ0v) is 8.93. The van der Waals surface area contributed by atoms with Gasteiger partial charge >= 0.3 is 0 Å². The molecule has 0 aliphatic carbocycles. The van der Waals surface area contributed by atoms with Gasteiger partial charge in [-0.05, 0) is 37.8 Å². The Morgan fingerprint density at radius 1 is 1.53 bits per heavy atom. The topological polar surface area (TPSA) is 63.4 Å². The quantitative estimate of drug-likeness (QED) is 0.610. The van der Waals surface area contributed by atoms with E-state index in [9.17, 15) is 10.1 Å². The van der Waals surface area contributed by atoms with Crippen LogP contribution in [-0.2, 0) is 6.42 Å². The minimum absolute atomic E-state index is 0.112. The average Bonchev–Trinajstić information content (AvgIpc) is 2.16.